The molecule has 18 heavy (non-hydrogen) atoms. The van der Waals surface area contributed by atoms with Crippen LogP contribution in [0.5, 0.6) is 0 Å². The van der Waals surface area contributed by atoms with E-state index in [1.54, 1.807) is 6.07 Å². The third-order valence-electron chi connectivity index (χ3n) is 3.90. The maximum Gasteiger partial charge on any atom is 0.101 e. The van der Waals surface area contributed by atoms with Crippen LogP contribution in [0.15, 0.2) is 18.2 Å². The molecule has 0 aromatic heterocycles. The molecule has 1 aliphatic rings. The summed E-state index contributed by atoms with van der Waals surface area (Å²) in [6.07, 6.45) is 2.43. The Kier molecular flexibility index (Phi) is 4.14. The number of anilines is 1. The van der Waals surface area contributed by atoms with Gasteiger partial charge in [0, 0.05) is 18.1 Å². The largest absolute Gasteiger partial charge is 0.370 e. The van der Waals surface area contributed by atoms with Gasteiger partial charge in [0.25, 0.3) is 0 Å². The van der Waals surface area contributed by atoms with Gasteiger partial charge in [-0.2, -0.15) is 5.26 Å². The van der Waals surface area contributed by atoms with E-state index in [-0.39, 0.29) is 0 Å². The first-order valence-corrected chi connectivity index (χ1v) is 6.94. The normalized spacial score (nSPS) is 16.9. The van der Waals surface area contributed by atoms with Crippen molar-refractivity contribution in [1.29, 1.82) is 5.26 Å². The fourth-order valence-corrected chi connectivity index (χ4v) is 2.85. The molecule has 1 saturated heterocycles. The fourth-order valence-electron chi connectivity index (χ4n) is 2.68. The van der Waals surface area contributed by atoms with Gasteiger partial charge in [-0.1, -0.05) is 25.4 Å². The molecule has 0 bridgehead atoms. The fraction of sp³-hybridized carbons (Fsp3) is 0.533. The Balaban J connectivity index is 2.13. The van der Waals surface area contributed by atoms with Gasteiger partial charge < -0.3 is 4.90 Å². The highest BCUT2D eigenvalue weighted by Crippen LogP contribution is 2.30. The summed E-state index contributed by atoms with van der Waals surface area (Å²) in [5.41, 5.74) is 1.72. The first kappa shape index (κ1) is 13.2. The first-order chi connectivity index (χ1) is 8.61. The second kappa shape index (κ2) is 5.63. The molecule has 1 heterocycles. The molecule has 0 aliphatic carbocycles. The van der Waals surface area contributed by atoms with Crippen LogP contribution in [0.3, 0.4) is 0 Å². The zero-order valence-electron chi connectivity index (χ0n) is 11.0. The average Bonchev–Trinajstić information content (AvgIpc) is 2.38. The number of benzene rings is 1. The Labute approximate surface area is 114 Å². The molecule has 0 amide bonds. The van der Waals surface area contributed by atoms with Crippen LogP contribution in [0, 0.1) is 23.2 Å². The van der Waals surface area contributed by atoms with Crippen LogP contribution in [0.1, 0.15) is 32.3 Å². The molecule has 96 valence electrons. The number of halogens is 1. The van der Waals surface area contributed by atoms with Crippen LogP contribution in [0.25, 0.3) is 0 Å². The second-order valence-corrected chi connectivity index (χ2v) is 5.78. The molecule has 0 unspecified atom stereocenters. The van der Waals surface area contributed by atoms with Crippen LogP contribution < -0.4 is 4.90 Å². The molecule has 2 nitrogen and oxygen atoms in total. The van der Waals surface area contributed by atoms with Crippen molar-refractivity contribution >= 4 is 17.3 Å². The van der Waals surface area contributed by atoms with Crippen LogP contribution >= 0.6 is 11.6 Å². The Hall–Kier alpha value is -1.20. The second-order valence-electron chi connectivity index (χ2n) is 5.34. The zero-order chi connectivity index (χ0) is 13.1. The van der Waals surface area contributed by atoms with Gasteiger partial charge in [-0.05, 0) is 42.9 Å². The molecule has 3 heteroatoms. The van der Waals surface area contributed by atoms with Crippen molar-refractivity contribution in [3.63, 3.8) is 0 Å². The lowest BCUT2D eigenvalue weighted by Crippen LogP contribution is -2.35. The van der Waals surface area contributed by atoms with E-state index >= 15 is 0 Å². The van der Waals surface area contributed by atoms with Crippen LogP contribution in [-0.2, 0) is 0 Å². The van der Waals surface area contributed by atoms with Crippen molar-refractivity contribution in [1.82, 2.24) is 0 Å². The van der Waals surface area contributed by atoms with Crippen LogP contribution in [-0.4, -0.2) is 13.1 Å². The Bertz CT molecular complexity index is 454. The summed E-state index contributed by atoms with van der Waals surface area (Å²) in [6.45, 7) is 6.67. The third kappa shape index (κ3) is 2.79. The van der Waals surface area contributed by atoms with E-state index in [4.69, 9.17) is 11.6 Å². The number of hydrogen-bond donors (Lipinski definition) is 0. The molecule has 0 N–H and O–H groups in total. The van der Waals surface area contributed by atoms with Crippen molar-refractivity contribution in [3.8, 4) is 6.07 Å². The molecular weight excluding hydrogens is 244 g/mol. The lowest BCUT2D eigenvalue weighted by molar-refractivity contribution is 0.311. The molecule has 1 aromatic rings. The van der Waals surface area contributed by atoms with E-state index < -0.39 is 0 Å². The maximum atomic E-state index is 9.18. The quantitative estimate of drug-likeness (QED) is 0.803. The highest BCUT2D eigenvalue weighted by molar-refractivity contribution is 6.30. The number of hydrogen-bond acceptors (Lipinski definition) is 2. The van der Waals surface area contributed by atoms with E-state index in [1.807, 2.05) is 12.1 Å². The van der Waals surface area contributed by atoms with Gasteiger partial charge in [0.15, 0.2) is 0 Å². The molecule has 1 fully saturated rings. The Morgan fingerprint density at radius 2 is 2.00 bits per heavy atom. The summed E-state index contributed by atoms with van der Waals surface area (Å²) < 4.78 is 0. The number of nitrogens with zero attached hydrogens (tertiary/aromatic N) is 2. The summed E-state index contributed by atoms with van der Waals surface area (Å²) in [6, 6.07) is 7.83. The first-order valence-electron chi connectivity index (χ1n) is 6.56. The molecule has 0 radical (unpaired) electrons. The number of rotatable bonds is 2. The van der Waals surface area contributed by atoms with Crippen molar-refractivity contribution in [2.45, 2.75) is 26.7 Å². The minimum Gasteiger partial charge on any atom is -0.370 e. The Morgan fingerprint density at radius 3 is 2.56 bits per heavy atom. The smallest absolute Gasteiger partial charge is 0.101 e. The maximum absolute atomic E-state index is 9.18. The lowest BCUT2D eigenvalue weighted by Gasteiger charge is -2.35. The topological polar surface area (TPSA) is 27.0 Å². The molecule has 2 rings (SSSR count). The summed E-state index contributed by atoms with van der Waals surface area (Å²) >= 11 is 5.93. The van der Waals surface area contributed by atoms with Gasteiger partial charge in [0.2, 0.25) is 0 Å². The lowest BCUT2D eigenvalue weighted by atomic mass is 9.86. The van der Waals surface area contributed by atoms with E-state index in [0.29, 0.717) is 10.6 Å². The van der Waals surface area contributed by atoms with Crippen molar-refractivity contribution in [2.75, 3.05) is 18.0 Å². The van der Waals surface area contributed by atoms with Gasteiger partial charge in [0.05, 0.1) is 11.3 Å². The highest BCUT2D eigenvalue weighted by Gasteiger charge is 2.22. The summed E-state index contributed by atoms with van der Waals surface area (Å²) in [5.74, 6) is 1.58. The molecule has 0 spiro atoms. The van der Waals surface area contributed by atoms with Gasteiger partial charge in [0.1, 0.15) is 6.07 Å². The summed E-state index contributed by atoms with van der Waals surface area (Å²) in [7, 11) is 0. The standard InChI is InChI=1S/C15H19ClN2/c1-11(2)12-5-7-18(8-6-12)15-4-3-14(16)9-13(15)10-17/h3-4,9,11-12H,5-8H2,1-2H3. The van der Waals surface area contributed by atoms with Gasteiger partial charge in [-0.25, -0.2) is 0 Å². The minimum atomic E-state index is 0.632. The Morgan fingerprint density at radius 1 is 1.33 bits per heavy atom. The predicted octanol–water partition coefficient (Wildman–Crippen LogP) is 4.08. The van der Waals surface area contributed by atoms with Gasteiger partial charge >= 0.3 is 0 Å². The monoisotopic (exact) mass is 262 g/mol. The van der Waals surface area contributed by atoms with Crippen molar-refractivity contribution in [2.24, 2.45) is 11.8 Å². The van der Waals surface area contributed by atoms with Crippen molar-refractivity contribution < 1.29 is 0 Å². The SMILES string of the molecule is CC(C)C1CCN(c2ccc(Cl)cc2C#N)CC1. The average molecular weight is 263 g/mol. The highest BCUT2D eigenvalue weighted by atomic mass is 35.5. The molecule has 0 saturated carbocycles. The van der Waals surface area contributed by atoms with Gasteiger partial charge in [-0.3, -0.25) is 0 Å². The molecule has 0 atom stereocenters. The number of piperidine rings is 1. The van der Waals surface area contributed by atoms with E-state index in [9.17, 15) is 5.26 Å². The summed E-state index contributed by atoms with van der Waals surface area (Å²) in [4.78, 5) is 2.31. The predicted molar refractivity (Wildman–Crippen MR) is 75.9 cm³/mol. The number of nitriles is 1. The van der Waals surface area contributed by atoms with Crippen molar-refractivity contribution in [3.05, 3.63) is 28.8 Å². The van der Waals surface area contributed by atoms with E-state index in [0.717, 1.165) is 30.6 Å². The third-order valence-corrected chi connectivity index (χ3v) is 4.14. The zero-order valence-corrected chi connectivity index (χ0v) is 11.7. The molecule has 1 aromatic carbocycles. The van der Waals surface area contributed by atoms with E-state index in [2.05, 4.69) is 24.8 Å². The van der Waals surface area contributed by atoms with Crippen LogP contribution in [0.2, 0.25) is 5.02 Å². The van der Waals surface area contributed by atoms with Gasteiger partial charge in [-0.15, -0.1) is 0 Å². The van der Waals surface area contributed by atoms with E-state index in [1.165, 1.54) is 12.8 Å². The minimum absolute atomic E-state index is 0.632. The molecular formula is C15H19ClN2. The van der Waals surface area contributed by atoms with Crippen LogP contribution in [0.4, 0.5) is 5.69 Å². The summed E-state index contributed by atoms with van der Waals surface area (Å²) in [5, 5.41) is 9.81. The molecule has 1 aliphatic heterocycles.